The van der Waals surface area contributed by atoms with Crippen molar-refractivity contribution in [1.29, 1.82) is 0 Å². The number of nitrogens with zero attached hydrogens (tertiary/aromatic N) is 3. The summed E-state index contributed by atoms with van der Waals surface area (Å²) in [5, 5.41) is 7.14. The van der Waals surface area contributed by atoms with E-state index in [-0.39, 0.29) is 0 Å². The number of aromatic nitrogens is 3. The van der Waals surface area contributed by atoms with E-state index in [0.717, 1.165) is 0 Å². The lowest BCUT2D eigenvalue weighted by Gasteiger charge is -1.98. The molecule has 0 saturated carbocycles. The minimum absolute atomic E-state index is 0.542. The van der Waals surface area contributed by atoms with Gasteiger partial charge in [0, 0.05) is 6.07 Å². The van der Waals surface area contributed by atoms with Gasteiger partial charge in [0.05, 0.1) is 12.8 Å². The first kappa shape index (κ1) is 7.72. The maximum atomic E-state index is 4.96. The zero-order chi connectivity index (χ0) is 9.10. The molecule has 0 aliphatic carbocycles. The third-order valence-corrected chi connectivity index (χ3v) is 1.56. The lowest BCUT2D eigenvalue weighted by Crippen LogP contribution is -1.89. The van der Waals surface area contributed by atoms with E-state index in [1.165, 1.54) is 6.20 Å². The van der Waals surface area contributed by atoms with Crippen LogP contribution >= 0.6 is 0 Å². The van der Waals surface area contributed by atoms with Crippen molar-refractivity contribution < 1.29 is 9.37 Å². The van der Waals surface area contributed by atoms with Crippen molar-refractivity contribution in [3.05, 3.63) is 24.4 Å². The molecule has 0 N–H and O–H groups in total. The smallest absolute Gasteiger partial charge is 0.213 e. The van der Waals surface area contributed by atoms with E-state index in [0.29, 0.717) is 17.3 Å². The molecule has 0 aliphatic rings. The summed E-state index contributed by atoms with van der Waals surface area (Å²) in [6.07, 6.45) is 1.50. The van der Waals surface area contributed by atoms with Crippen molar-refractivity contribution in [1.82, 2.24) is 15.3 Å². The van der Waals surface area contributed by atoms with Crippen LogP contribution in [0.1, 0.15) is 0 Å². The normalized spacial score (nSPS) is 9.92. The Morgan fingerprint density at radius 3 is 2.92 bits per heavy atom. The molecule has 13 heavy (non-hydrogen) atoms. The van der Waals surface area contributed by atoms with Crippen LogP contribution in [0.25, 0.3) is 11.4 Å². The second-order valence-corrected chi connectivity index (χ2v) is 2.36. The summed E-state index contributed by atoms with van der Waals surface area (Å²) in [6.45, 7) is 0. The van der Waals surface area contributed by atoms with Crippen LogP contribution in [-0.4, -0.2) is 22.4 Å². The first-order chi connectivity index (χ1) is 6.40. The second-order valence-electron chi connectivity index (χ2n) is 2.36. The summed E-state index contributed by atoms with van der Waals surface area (Å²) in [6, 6.07) is 5.40. The number of hydrogen-bond acceptors (Lipinski definition) is 5. The number of methoxy groups -OCH3 is 1. The third-order valence-electron chi connectivity index (χ3n) is 1.56. The molecule has 2 aromatic heterocycles. The van der Waals surface area contributed by atoms with Crippen molar-refractivity contribution >= 4 is 0 Å². The summed E-state index contributed by atoms with van der Waals surface area (Å²) in [5.41, 5.74) is 1.28. The van der Waals surface area contributed by atoms with Crippen LogP contribution in [0.4, 0.5) is 0 Å². The molecule has 5 heteroatoms. The highest BCUT2D eigenvalue weighted by molar-refractivity contribution is 5.52. The molecule has 0 fully saturated rings. The summed E-state index contributed by atoms with van der Waals surface area (Å²) >= 11 is 0. The first-order valence-corrected chi connectivity index (χ1v) is 3.69. The van der Waals surface area contributed by atoms with Crippen molar-refractivity contribution in [3.8, 4) is 17.3 Å². The monoisotopic (exact) mass is 177 g/mol. The number of rotatable bonds is 2. The molecule has 0 radical (unpaired) electrons. The Morgan fingerprint density at radius 1 is 1.31 bits per heavy atom. The van der Waals surface area contributed by atoms with E-state index >= 15 is 0 Å². The fourth-order valence-electron chi connectivity index (χ4n) is 0.949. The van der Waals surface area contributed by atoms with Gasteiger partial charge < -0.3 is 4.74 Å². The Bertz CT molecular complexity index is 386. The molecular weight excluding hydrogens is 170 g/mol. The lowest BCUT2D eigenvalue weighted by atomic mass is 10.3. The summed E-state index contributed by atoms with van der Waals surface area (Å²) in [5.74, 6) is 0.542. The van der Waals surface area contributed by atoms with Gasteiger partial charge in [-0.2, -0.15) is 0 Å². The molecule has 0 aromatic carbocycles. The van der Waals surface area contributed by atoms with E-state index in [1.807, 2.05) is 12.1 Å². The van der Waals surface area contributed by atoms with Crippen LogP contribution < -0.4 is 4.74 Å². The van der Waals surface area contributed by atoms with Crippen LogP contribution in [0, 0.1) is 0 Å². The Hall–Kier alpha value is -1.91. The molecule has 2 aromatic rings. The van der Waals surface area contributed by atoms with Gasteiger partial charge in [-0.3, -0.25) is 0 Å². The summed E-state index contributed by atoms with van der Waals surface area (Å²) < 4.78 is 9.42. The zero-order valence-electron chi connectivity index (χ0n) is 6.97. The molecule has 2 rings (SSSR count). The van der Waals surface area contributed by atoms with Gasteiger partial charge in [0.2, 0.25) is 5.88 Å². The van der Waals surface area contributed by atoms with E-state index < -0.39 is 0 Å². The van der Waals surface area contributed by atoms with Crippen molar-refractivity contribution in [2.75, 3.05) is 7.11 Å². The van der Waals surface area contributed by atoms with E-state index in [1.54, 1.807) is 13.2 Å². The average Bonchev–Trinajstić information content (AvgIpc) is 2.71. The third kappa shape index (κ3) is 1.48. The minimum atomic E-state index is 0.542. The van der Waals surface area contributed by atoms with E-state index in [9.17, 15) is 0 Å². The van der Waals surface area contributed by atoms with Crippen LogP contribution in [0.15, 0.2) is 29.0 Å². The van der Waals surface area contributed by atoms with Gasteiger partial charge in [-0.15, -0.1) is 0 Å². The molecule has 66 valence electrons. The molecule has 0 spiro atoms. The van der Waals surface area contributed by atoms with Gasteiger partial charge in [0.15, 0.2) is 5.69 Å². The Balaban J connectivity index is 2.41. The molecular formula is C8H7N3O2. The maximum Gasteiger partial charge on any atom is 0.213 e. The predicted molar refractivity (Wildman–Crippen MR) is 44.1 cm³/mol. The minimum Gasteiger partial charge on any atom is -0.481 e. The number of pyridine rings is 1. The number of hydrogen-bond donors (Lipinski definition) is 0. The highest BCUT2D eigenvalue weighted by Crippen LogP contribution is 2.15. The van der Waals surface area contributed by atoms with Crippen LogP contribution in [0.2, 0.25) is 0 Å². The highest BCUT2D eigenvalue weighted by atomic mass is 16.6. The van der Waals surface area contributed by atoms with Gasteiger partial charge in [-0.25, -0.2) is 9.61 Å². The highest BCUT2D eigenvalue weighted by Gasteiger charge is 2.04. The van der Waals surface area contributed by atoms with Gasteiger partial charge in [-0.05, 0) is 11.2 Å². The molecule has 2 heterocycles. The number of ether oxygens (including phenoxy) is 1. The van der Waals surface area contributed by atoms with Gasteiger partial charge in [-0.1, -0.05) is 11.2 Å². The van der Waals surface area contributed by atoms with Gasteiger partial charge in [0.25, 0.3) is 0 Å². The predicted octanol–water partition coefficient (Wildman–Crippen LogP) is 1.14. The lowest BCUT2D eigenvalue weighted by molar-refractivity contribution is 0.308. The largest absolute Gasteiger partial charge is 0.481 e. The standard InChI is InChI=1S/C8H7N3O2/c1-12-8-4-2-3-6(10-8)7-5-9-13-11-7/h2-5H,1H3. The summed E-state index contributed by atoms with van der Waals surface area (Å²) in [4.78, 5) is 4.15. The van der Waals surface area contributed by atoms with Crippen LogP contribution in [0.5, 0.6) is 5.88 Å². The van der Waals surface area contributed by atoms with Gasteiger partial charge >= 0.3 is 0 Å². The SMILES string of the molecule is COc1cccc(-c2cnon2)n1. The van der Waals surface area contributed by atoms with Crippen molar-refractivity contribution in [2.24, 2.45) is 0 Å². The molecule has 0 unspecified atom stereocenters. The van der Waals surface area contributed by atoms with E-state index in [4.69, 9.17) is 4.74 Å². The Labute approximate surface area is 74.3 Å². The second kappa shape index (κ2) is 3.22. The fraction of sp³-hybridized carbons (Fsp3) is 0.125. The van der Waals surface area contributed by atoms with E-state index in [2.05, 4.69) is 19.9 Å². The molecule has 0 atom stereocenters. The van der Waals surface area contributed by atoms with Crippen LogP contribution in [0.3, 0.4) is 0 Å². The maximum absolute atomic E-state index is 4.96. The average molecular weight is 177 g/mol. The van der Waals surface area contributed by atoms with Crippen molar-refractivity contribution in [2.45, 2.75) is 0 Å². The zero-order valence-corrected chi connectivity index (χ0v) is 6.97. The van der Waals surface area contributed by atoms with Gasteiger partial charge in [0.1, 0.15) is 6.20 Å². The quantitative estimate of drug-likeness (QED) is 0.688. The Kier molecular flexibility index (Phi) is 1.91. The Morgan fingerprint density at radius 2 is 2.23 bits per heavy atom. The summed E-state index contributed by atoms with van der Waals surface area (Å²) in [7, 11) is 1.56. The molecule has 5 nitrogen and oxygen atoms in total. The van der Waals surface area contributed by atoms with Crippen LogP contribution in [-0.2, 0) is 0 Å². The molecule has 0 bridgehead atoms. The molecule has 0 saturated heterocycles. The first-order valence-electron chi connectivity index (χ1n) is 3.69. The topological polar surface area (TPSA) is 61.0 Å². The fourth-order valence-corrected chi connectivity index (χ4v) is 0.949. The molecule has 0 aliphatic heterocycles. The molecule has 0 amide bonds. The van der Waals surface area contributed by atoms with Crippen molar-refractivity contribution in [3.63, 3.8) is 0 Å².